The summed E-state index contributed by atoms with van der Waals surface area (Å²) in [5, 5.41) is 29.2. The number of allylic oxidation sites excluding steroid dienone is 2. The van der Waals surface area contributed by atoms with Gasteiger partial charge in [0, 0.05) is 11.1 Å². The minimum atomic E-state index is -0.603. The predicted octanol–water partition coefficient (Wildman–Crippen LogP) is 1.46. The second-order valence-electron chi connectivity index (χ2n) is 16.6. The van der Waals surface area contributed by atoms with Gasteiger partial charge in [-0.2, -0.15) is 0 Å². The minimum Gasteiger partial charge on any atom is -0.646 e. The average molecular weight is 771 g/mol. The van der Waals surface area contributed by atoms with E-state index in [1.165, 1.54) is 33.4 Å². The standard InChI is InChI=1S/C46H56B2O4.2K/c1-25(2)31-21-35(27(5)6)43(36(22-31)28(7)8)47-39-19-15-13-17-33(39)41(45(49)51-47)42-34-18-14-16-20-40(34)48(52-46(42)50)44-37(29(9)10)23-32(26(3)4)24-38(44)30(11)12;;/h13-30,49-50H,1-12H3;;/q;2*+1/p-2. The molecule has 4 nitrogen and oxygen atoms in total. The predicted molar refractivity (Wildman–Crippen MR) is 216 cm³/mol. The monoisotopic (exact) mass is 770 g/mol. The molecule has 270 valence electrons. The molecule has 0 saturated heterocycles. The Morgan fingerprint density at radius 3 is 0.963 bits per heavy atom. The van der Waals surface area contributed by atoms with Crippen molar-refractivity contribution in [1.82, 2.24) is 0 Å². The van der Waals surface area contributed by atoms with Gasteiger partial charge in [0.2, 0.25) is 0 Å². The first-order valence-corrected chi connectivity index (χ1v) is 19.3. The molecular formula is C46H54B2K2O4. The van der Waals surface area contributed by atoms with Crippen molar-refractivity contribution in [1.29, 1.82) is 0 Å². The first-order chi connectivity index (χ1) is 24.6. The van der Waals surface area contributed by atoms with Crippen molar-refractivity contribution in [2.24, 2.45) is 0 Å². The molecule has 54 heavy (non-hydrogen) atoms. The summed E-state index contributed by atoms with van der Waals surface area (Å²) in [6, 6.07) is 25.0. The summed E-state index contributed by atoms with van der Waals surface area (Å²) in [5.74, 6) is 0.588. The molecule has 0 spiro atoms. The normalized spacial score (nSPS) is 14.1. The summed E-state index contributed by atoms with van der Waals surface area (Å²) in [4.78, 5) is 0. The zero-order valence-corrected chi connectivity index (χ0v) is 41.4. The molecule has 0 atom stereocenters. The Morgan fingerprint density at radius 2 is 0.704 bits per heavy atom. The van der Waals surface area contributed by atoms with Gasteiger partial charge in [0.25, 0.3) is 13.8 Å². The molecule has 0 aliphatic carbocycles. The molecule has 8 heteroatoms. The van der Waals surface area contributed by atoms with Gasteiger partial charge in [0.05, 0.1) is 11.9 Å². The summed E-state index contributed by atoms with van der Waals surface area (Å²) in [6.45, 7) is 25.3. The first-order valence-electron chi connectivity index (χ1n) is 19.3. The van der Waals surface area contributed by atoms with E-state index in [0.29, 0.717) is 23.0 Å². The zero-order chi connectivity index (χ0) is 37.8. The van der Waals surface area contributed by atoms with Crippen molar-refractivity contribution in [3.8, 4) is 0 Å². The third kappa shape index (κ3) is 8.69. The van der Waals surface area contributed by atoms with Crippen LogP contribution in [-0.2, 0) is 9.31 Å². The summed E-state index contributed by atoms with van der Waals surface area (Å²) < 4.78 is 13.1. The van der Waals surface area contributed by atoms with E-state index in [1.807, 2.05) is 48.5 Å². The van der Waals surface area contributed by atoms with Crippen molar-refractivity contribution in [2.45, 2.75) is 119 Å². The van der Waals surface area contributed by atoms with E-state index in [2.05, 4.69) is 107 Å². The van der Waals surface area contributed by atoms with Gasteiger partial charge in [-0.3, -0.25) is 0 Å². The fourth-order valence-corrected chi connectivity index (χ4v) is 8.12. The summed E-state index contributed by atoms with van der Waals surface area (Å²) >= 11 is 0. The summed E-state index contributed by atoms with van der Waals surface area (Å²) in [6.07, 6.45) is 0. The summed E-state index contributed by atoms with van der Waals surface area (Å²) in [5.41, 5.74) is 13.2. The van der Waals surface area contributed by atoms with E-state index in [4.69, 9.17) is 9.31 Å². The molecule has 0 amide bonds. The molecule has 4 aromatic rings. The molecule has 0 N–H and O–H groups in total. The van der Waals surface area contributed by atoms with E-state index in [1.54, 1.807) is 0 Å². The van der Waals surface area contributed by atoms with Crippen LogP contribution in [0.2, 0.25) is 0 Å². The molecule has 0 saturated carbocycles. The molecule has 0 fully saturated rings. The largest absolute Gasteiger partial charge is 1.00 e. The number of fused-ring (bicyclic) bond motifs is 2. The van der Waals surface area contributed by atoms with Crippen LogP contribution < -0.4 is 135 Å². The summed E-state index contributed by atoms with van der Waals surface area (Å²) in [7, 11) is 0. The van der Waals surface area contributed by atoms with Crippen LogP contribution in [0.1, 0.15) is 163 Å². The molecular weight excluding hydrogens is 716 g/mol. The maximum atomic E-state index is 14.6. The third-order valence-corrected chi connectivity index (χ3v) is 11.0. The second-order valence-corrected chi connectivity index (χ2v) is 16.6. The quantitative estimate of drug-likeness (QED) is 0.242. The number of hydrogen-bond donors (Lipinski definition) is 0. The molecule has 0 radical (unpaired) electrons. The van der Waals surface area contributed by atoms with Crippen molar-refractivity contribution in [3.05, 3.63) is 129 Å². The Balaban J connectivity index is 0.00000325. The first kappa shape index (κ1) is 45.7. The van der Waals surface area contributed by atoms with Gasteiger partial charge in [-0.25, -0.2) is 0 Å². The molecule has 2 aliphatic rings. The van der Waals surface area contributed by atoms with Gasteiger partial charge < -0.3 is 19.5 Å². The number of hydrogen-bond acceptors (Lipinski definition) is 4. The van der Waals surface area contributed by atoms with Crippen LogP contribution >= 0.6 is 0 Å². The smallest absolute Gasteiger partial charge is 0.646 e. The Kier molecular flexibility index (Phi) is 15.8. The van der Waals surface area contributed by atoms with Gasteiger partial charge in [-0.15, -0.1) is 0 Å². The number of rotatable bonds is 9. The maximum absolute atomic E-state index is 14.6. The second kappa shape index (κ2) is 18.7. The van der Waals surface area contributed by atoms with E-state index in [0.717, 1.165) is 21.9 Å². The molecule has 2 aliphatic heterocycles. The van der Waals surface area contributed by atoms with Crippen LogP contribution in [0.5, 0.6) is 0 Å². The minimum absolute atomic E-state index is 0. The van der Waals surface area contributed by atoms with Crippen LogP contribution in [-0.4, -0.2) is 13.8 Å². The van der Waals surface area contributed by atoms with Gasteiger partial charge in [-0.05, 0) is 80.0 Å². The Morgan fingerprint density at radius 1 is 0.426 bits per heavy atom. The molecule has 0 bridgehead atoms. The molecule has 2 heterocycles. The number of benzene rings is 4. The molecule has 6 rings (SSSR count). The van der Waals surface area contributed by atoms with Gasteiger partial charge >= 0.3 is 103 Å². The third-order valence-electron chi connectivity index (χ3n) is 11.0. The van der Waals surface area contributed by atoms with E-state index >= 15 is 0 Å². The van der Waals surface area contributed by atoms with Crippen molar-refractivity contribution in [3.63, 3.8) is 0 Å². The zero-order valence-electron chi connectivity index (χ0n) is 35.2. The van der Waals surface area contributed by atoms with Gasteiger partial charge in [0.15, 0.2) is 0 Å². The Hall–Kier alpha value is -1.04. The van der Waals surface area contributed by atoms with Crippen molar-refractivity contribution < 1.29 is 122 Å². The van der Waals surface area contributed by atoms with Crippen molar-refractivity contribution in [2.75, 3.05) is 0 Å². The van der Waals surface area contributed by atoms with Crippen LogP contribution in [0.4, 0.5) is 0 Å². The van der Waals surface area contributed by atoms with E-state index in [9.17, 15) is 10.2 Å². The maximum Gasteiger partial charge on any atom is 1.00 e. The van der Waals surface area contributed by atoms with Crippen molar-refractivity contribution >= 4 is 46.8 Å². The Labute approximate surface area is 411 Å². The van der Waals surface area contributed by atoms with Crippen LogP contribution in [0, 0.1) is 0 Å². The van der Waals surface area contributed by atoms with Crippen LogP contribution in [0.3, 0.4) is 0 Å². The van der Waals surface area contributed by atoms with E-state index in [-0.39, 0.29) is 138 Å². The van der Waals surface area contributed by atoms with Gasteiger partial charge in [-0.1, -0.05) is 178 Å². The topological polar surface area (TPSA) is 64.6 Å². The van der Waals surface area contributed by atoms with E-state index < -0.39 is 25.7 Å². The molecule has 0 aromatic heterocycles. The van der Waals surface area contributed by atoms with Crippen LogP contribution in [0.15, 0.2) is 84.7 Å². The fourth-order valence-electron chi connectivity index (χ4n) is 8.12. The SMILES string of the molecule is CC(C)c1cc(C(C)C)c(B2OC([O-])=C(C3=C([O-])OB(c4c(C(C)C)cc(C(C)C)cc4C(C)C)c4ccccc43)c3ccccc32)c(C(C)C)c1.[K+].[K+]. The molecule has 0 unspecified atom stereocenters. The fraction of sp³-hybridized carbons (Fsp3) is 0.391. The molecule has 4 aromatic carbocycles. The van der Waals surface area contributed by atoms with Gasteiger partial charge in [0.1, 0.15) is 0 Å². The Bertz CT molecular complexity index is 1860. The van der Waals surface area contributed by atoms with Crippen LogP contribution in [0.25, 0.3) is 11.1 Å². The average Bonchev–Trinajstić information content (AvgIpc) is 3.10.